The van der Waals surface area contributed by atoms with Gasteiger partial charge in [-0.25, -0.2) is 19.9 Å². The molecule has 37 heavy (non-hydrogen) atoms. The summed E-state index contributed by atoms with van der Waals surface area (Å²) in [5.41, 5.74) is 0.539. The molecule has 0 aromatic carbocycles. The average molecular weight is 516 g/mol. The number of nitrogens with zero attached hydrogens (tertiary/aromatic N) is 5. The highest BCUT2D eigenvalue weighted by molar-refractivity contribution is 5.97. The number of halogens is 3. The Kier molecular flexibility index (Phi) is 6.04. The molecule has 2 fully saturated rings. The van der Waals surface area contributed by atoms with Crippen molar-refractivity contribution >= 4 is 35.0 Å². The maximum Gasteiger partial charge on any atom is 0.405 e. The molecule has 2 unspecified atom stereocenters. The Morgan fingerprint density at radius 1 is 1.35 bits per heavy atom. The van der Waals surface area contributed by atoms with Gasteiger partial charge in [-0.15, -0.1) is 0 Å². The molecule has 1 aliphatic heterocycles. The van der Waals surface area contributed by atoms with Crippen LogP contribution in [-0.4, -0.2) is 78.8 Å². The molecule has 3 aromatic heterocycles. The van der Waals surface area contributed by atoms with Gasteiger partial charge in [-0.3, -0.25) is 9.59 Å². The number of rotatable bonds is 7. The number of amides is 2. The predicted molar refractivity (Wildman–Crippen MR) is 124 cm³/mol. The molecule has 1 spiro atoms. The molecular weight excluding hydrogens is 493 g/mol. The van der Waals surface area contributed by atoms with Gasteiger partial charge >= 0.3 is 6.18 Å². The molecule has 1 saturated carbocycles. The van der Waals surface area contributed by atoms with Crippen LogP contribution in [0.15, 0.2) is 24.8 Å². The highest BCUT2D eigenvalue weighted by Crippen LogP contribution is 2.54. The lowest BCUT2D eigenvalue weighted by Crippen LogP contribution is -2.42. The van der Waals surface area contributed by atoms with Gasteiger partial charge in [0.05, 0.1) is 5.54 Å². The molecular formula is C23H23F3N8O3. The molecule has 11 nitrogen and oxygen atoms in total. The van der Waals surface area contributed by atoms with Crippen molar-refractivity contribution in [3.05, 3.63) is 30.5 Å². The first kappa shape index (κ1) is 24.6. The van der Waals surface area contributed by atoms with Crippen LogP contribution < -0.4 is 10.6 Å². The number of likely N-dealkylation sites (tertiary alicyclic amines) is 1. The van der Waals surface area contributed by atoms with Crippen LogP contribution in [0, 0.1) is 5.92 Å². The Morgan fingerprint density at radius 3 is 2.89 bits per heavy atom. The summed E-state index contributed by atoms with van der Waals surface area (Å²) in [4.78, 5) is 58.9. The van der Waals surface area contributed by atoms with Crippen LogP contribution in [0.1, 0.15) is 36.7 Å². The molecule has 0 bridgehead atoms. The summed E-state index contributed by atoms with van der Waals surface area (Å²) in [5.74, 6) is -1.30. The number of alkyl halides is 3. The second-order valence-corrected chi connectivity index (χ2v) is 9.26. The van der Waals surface area contributed by atoms with E-state index in [0.717, 1.165) is 19.1 Å². The number of anilines is 1. The van der Waals surface area contributed by atoms with Crippen molar-refractivity contribution in [1.29, 1.82) is 0 Å². The van der Waals surface area contributed by atoms with Crippen LogP contribution in [0.4, 0.5) is 19.0 Å². The number of carbonyl (C=O) groups excluding carboxylic acids is 3. The third kappa shape index (κ3) is 4.70. The van der Waals surface area contributed by atoms with E-state index in [-0.39, 0.29) is 29.2 Å². The van der Waals surface area contributed by atoms with E-state index in [0.29, 0.717) is 29.6 Å². The zero-order chi connectivity index (χ0) is 26.4. The average Bonchev–Trinajstić information content (AvgIpc) is 3.18. The first-order valence-electron chi connectivity index (χ1n) is 11.7. The Hall–Kier alpha value is -4.10. The van der Waals surface area contributed by atoms with Gasteiger partial charge in [0.25, 0.3) is 5.91 Å². The number of hydrogen-bond donors (Lipinski definition) is 3. The minimum absolute atomic E-state index is 0.0272. The van der Waals surface area contributed by atoms with Gasteiger partial charge in [-0.1, -0.05) is 0 Å². The Morgan fingerprint density at radius 2 is 2.16 bits per heavy atom. The number of fused-ring (bicyclic) bond motifs is 1. The van der Waals surface area contributed by atoms with E-state index < -0.39 is 30.2 Å². The van der Waals surface area contributed by atoms with Crippen molar-refractivity contribution in [3.63, 3.8) is 0 Å². The van der Waals surface area contributed by atoms with Crippen LogP contribution in [0.2, 0.25) is 0 Å². The smallest absolute Gasteiger partial charge is 0.358 e. The third-order valence-corrected chi connectivity index (χ3v) is 6.80. The van der Waals surface area contributed by atoms with E-state index in [1.807, 2.05) is 5.32 Å². The van der Waals surface area contributed by atoms with Crippen molar-refractivity contribution < 1.29 is 27.6 Å². The molecule has 3 atom stereocenters. The van der Waals surface area contributed by atoms with Gasteiger partial charge in [-0.2, -0.15) is 13.2 Å². The van der Waals surface area contributed by atoms with Gasteiger partial charge < -0.3 is 25.3 Å². The normalized spacial score (nSPS) is 21.7. The van der Waals surface area contributed by atoms with E-state index in [9.17, 15) is 27.6 Å². The zero-order valence-corrected chi connectivity index (χ0v) is 19.7. The Bertz CT molecular complexity index is 1380. The molecule has 4 heterocycles. The van der Waals surface area contributed by atoms with Crippen molar-refractivity contribution in [2.45, 2.75) is 43.9 Å². The summed E-state index contributed by atoms with van der Waals surface area (Å²) in [5, 5.41) is 5.19. The molecule has 5 rings (SSSR count). The predicted octanol–water partition coefficient (Wildman–Crippen LogP) is 2.09. The summed E-state index contributed by atoms with van der Waals surface area (Å²) < 4.78 is 37.6. The minimum Gasteiger partial charge on any atom is -0.358 e. The number of aromatic amines is 1. The van der Waals surface area contributed by atoms with Gasteiger partial charge in [0.1, 0.15) is 42.4 Å². The van der Waals surface area contributed by atoms with E-state index in [2.05, 4.69) is 30.2 Å². The fourth-order valence-corrected chi connectivity index (χ4v) is 4.86. The summed E-state index contributed by atoms with van der Waals surface area (Å²) in [7, 11) is 0. The summed E-state index contributed by atoms with van der Waals surface area (Å²) in [6, 6.07) is 0.259. The quantitative estimate of drug-likeness (QED) is 0.405. The lowest BCUT2D eigenvalue weighted by molar-refractivity contribution is -0.138. The van der Waals surface area contributed by atoms with Crippen LogP contribution >= 0.6 is 0 Å². The fraction of sp³-hybridized carbons (Fsp3) is 0.435. The van der Waals surface area contributed by atoms with E-state index in [1.54, 1.807) is 17.3 Å². The Balaban J connectivity index is 1.48. The monoisotopic (exact) mass is 516 g/mol. The fourth-order valence-electron chi connectivity index (χ4n) is 4.86. The lowest BCUT2D eigenvalue weighted by Gasteiger charge is -2.25. The van der Waals surface area contributed by atoms with Crippen LogP contribution in [0.5, 0.6) is 0 Å². The van der Waals surface area contributed by atoms with E-state index in [4.69, 9.17) is 0 Å². The highest BCUT2D eigenvalue weighted by atomic mass is 19.4. The Labute approximate surface area is 208 Å². The maximum absolute atomic E-state index is 13.6. The SMILES string of the molecule is C[C@H](Nc1cc(C(=O)N2CCCC23CC3C=O)nc(-c2c[nH]c3ncncc23)n1)C(=O)NCC(F)(F)F. The molecule has 2 amide bonds. The van der Waals surface area contributed by atoms with Crippen molar-refractivity contribution in [2.24, 2.45) is 5.92 Å². The molecule has 1 aliphatic carbocycles. The van der Waals surface area contributed by atoms with Gasteiger partial charge in [0.2, 0.25) is 5.91 Å². The van der Waals surface area contributed by atoms with Gasteiger partial charge in [0.15, 0.2) is 5.82 Å². The number of nitrogens with one attached hydrogen (secondary N) is 3. The largest absolute Gasteiger partial charge is 0.405 e. The summed E-state index contributed by atoms with van der Waals surface area (Å²) >= 11 is 0. The first-order valence-corrected chi connectivity index (χ1v) is 11.7. The summed E-state index contributed by atoms with van der Waals surface area (Å²) in [6.45, 7) is 0.381. The molecule has 1 saturated heterocycles. The highest BCUT2D eigenvalue weighted by Gasteiger charge is 2.61. The second-order valence-electron chi connectivity index (χ2n) is 9.26. The number of aldehydes is 1. The first-order chi connectivity index (χ1) is 17.6. The molecule has 3 N–H and O–H groups in total. The van der Waals surface area contributed by atoms with E-state index >= 15 is 0 Å². The van der Waals surface area contributed by atoms with Crippen molar-refractivity contribution in [3.8, 4) is 11.4 Å². The number of H-pyrrole nitrogens is 1. The molecule has 194 valence electrons. The number of carbonyl (C=O) groups is 3. The minimum atomic E-state index is -4.55. The van der Waals surface area contributed by atoms with Crippen molar-refractivity contribution in [1.82, 2.24) is 35.1 Å². The molecule has 0 radical (unpaired) electrons. The van der Waals surface area contributed by atoms with Gasteiger partial charge in [0, 0.05) is 41.9 Å². The zero-order valence-electron chi connectivity index (χ0n) is 19.7. The topological polar surface area (TPSA) is 146 Å². The van der Waals surface area contributed by atoms with E-state index in [1.165, 1.54) is 19.3 Å². The van der Waals surface area contributed by atoms with Crippen LogP contribution in [0.3, 0.4) is 0 Å². The summed E-state index contributed by atoms with van der Waals surface area (Å²) in [6.07, 6.45) is 2.93. The third-order valence-electron chi connectivity index (χ3n) is 6.80. The van der Waals surface area contributed by atoms with Crippen LogP contribution in [-0.2, 0) is 9.59 Å². The number of aromatic nitrogens is 5. The maximum atomic E-state index is 13.6. The number of hydrogen-bond acceptors (Lipinski definition) is 8. The van der Waals surface area contributed by atoms with Crippen molar-refractivity contribution in [2.75, 3.05) is 18.4 Å². The van der Waals surface area contributed by atoms with Crippen LogP contribution in [0.25, 0.3) is 22.4 Å². The second kappa shape index (κ2) is 9.09. The molecule has 3 aromatic rings. The lowest BCUT2D eigenvalue weighted by atomic mass is 10.1. The molecule has 2 aliphatic rings. The molecule has 14 heteroatoms. The van der Waals surface area contributed by atoms with Gasteiger partial charge in [-0.05, 0) is 26.2 Å². The standard InChI is InChI=1S/C23H23F3N8O3/c1-12(20(36)29-10-23(24,25)26)31-17-5-16(21(37)34-4-2-3-22(34)6-13(22)9-35)32-19(33-17)15-8-28-18-14(15)7-27-11-30-18/h5,7-9,11-13H,2-4,6,10H2,1H3,(H,29,36)(H,27,28,30)(H,31,32,33)/t12-,13?,22?/m0/s1.